The number of Topliss-reactive ketones (excluding diaryl/α,β-unsaturated/α-hetero) is 1. The molecule has 1 unspecified atom stereocenters. The van der Waals surface area contributed by atoms with E-state index in [1.54, 1.807) is 16.7 Å². The third-order valence-electron chi connectivity index (χ3n) is 6.36. The fourth-order valence-electron chi connectivity index (χ4n) is 4.82. The van der Waals surface area contributed by atoms with Crippen molar-refractivity contribution in [2.24, 2.45) is 11.1 Å². The van der Waals surface area contributed by atoms with Crippen LogP contribution in [-0.4, -0.2) is 16.0 Å². The van der Waals surface area contributed by atoms with Crippen molar-refractivity contribution in [3.8, 4) is 6.07 Å². The number of aromatic nitrogens is 2. The largest absolute Gasteiger partial charge is 0.384 e. The van der Waals surface area contributed by atoms with Crippen molar-refractivity contribution >= 4 is 49.9 Å². The first-order valence-corrected chi connectivity index (χ1v) is 14.1. The number of halogens is 1. The number of nitriles is 1. The number of ketones is 1. The van der Waals surface area contributed by atoms with Gasteiger partial charge in [0.2, 0.25) is 5.13 Å². The Bertz CT molecular complexity index is 1440. The highest BCUT2D eigenvalue weighted by molar-refractivity contribution is 9.10. The Morgan fingerprint density at radius 1 is 1.19 bits per heavy atom. The molecule has 0 saturated carbocycles. The van der Waals surface area contributed by atoms with Crippen molar-refractivity contribution in [2.75, 3.05) is 4.90 Å². The number of benzene rings is 2. The van der Waals surface area contributed by atoms with Crippen LogP contribution in [0.2, 0.25) is 0 Å². The Labute approximate surface area is 227 Å². The summed E-state index contributed by atoms with van der Waals surface area (Å²) >= 11 is 6.55. The van der Waals surface area contributed by atoms with Gasteiger partial charge in [0.05, 0.1) is 17.6 Å². The van der Waals surface area contributed by atoms with Crippen LogP contribution in [0, 0.1) is 16.7 Å². The standard InChI is InChI=1S/C27H24BrN5OS2/c1-27(2)12-20-23(21(34)13-27)22(17-9-6-10-18(28)11-17)19(14-29)24(30)33(20)25-31-32-26(36-25)35-15-16-7-4-3-5-8-16/h3-11,22H,12-13,15,30H2,1-2H3. The van der Waals surface area contributed by atoms with Gasteiger partial charge in [0.15, 0.2) is 10.1 Å². The summed E-state index contributed by atoms with van der Waals surface area (Å²) in [4.78, 5) is 15.4. The molecule has 36 heavy (non-hydrogen) atoms. The summed E-state index contributed by atoms with van der Waals surface area (Å²) in [6, 6.07) is 20.2. The molecule has 3 aromatic rings. The molecule has 0 amide bonds. The predicted molar refractivity (Wildman–Crippen MR) is 147 cm³/mol. The molecular formula is C27H24BrN5OS2. The minimum Gasteiger partial charge on any atom is -0.384 e. The van der Waals surface area contributed by atoms with E-state index in [1.165, 1.54) is 16.9 Å². The summed E-state index contributed by atoms with van der Waals surface area (Å²) in [6.07, 6.45) is 1.06. The van der Waals surface area contributed by atoms with E-state index in [-0.39, 0.29) is 11.2 Å². The molecule has 1 aliphatic carbocycles. The first kappa shape index (κ1) is 24.8. The number of carbonyl (C=O) groups excluding carboxylic acids is 1. The number of rotatable bonds is 5. The topological polar surface area (TPSA) is 95.9 Å². The summed E-state index contributed by atoms with van der Waals surface area (Å²) in [7, 11) is 0. The highest BCUT2D eigenvalue weighted by atomic mass is 79.9. The molecule has 0 saturated heterocycles. The number of allylic oxidation sites excluding steroid dienone is 3. The maximum atomic E-state index is 13.6. The van der Waals surface area contributed by atoms with Crippen molar-refractivity contribution in [1.29, 1.82) is 5.26 Å². The average molecular weight is 579 g/mol. The van der Waals surface area contributed by atoms with Gasteiger partial charge in [0, 0.05) is 27.9 Å². The Morgan fingerprint density at radius 3 is 2.69 bits per heavy atom. The Morgan fingerprint density at radius 2 is 1.97 bits per heavy atom. The van der Waals surface area contributed by atoms with Crippen LogP contribution in [0.3, 0.4) is 0 Å². The van der Waals surface area contributed by atoms with Gasteiger partial charge in [-0.3, -0.25) is 9.69 Å². The van der Waals surface area contributed by atoms with E-state index in [9.17, 15) is 10.1 Å². The van der Waals surface area contributed by atoms with Gasteiger partial charge < -0.3 is 5.73 Å². The predicted octanol–water partition coefficient (Wildman–Crippen LogP) is 6.53. The SMILES string of the molecule is CC1(C)CC(=O)C2=C(C1)N(c1nnc(SCc3ccccc3)s1)C(N)=C(C#N)C2c1cccc(Br)c1. The monoisotopic (exact) mass is 577 g/mol. The first-order valence-electron chi connectivity index (χ1n) is 11.5. The number of hydrogen-bond donors (Lipinski definition) is 1. The number of hydrogen-bond acceptors (Lipinski definition) is 8. The second-order valence-corrected chi connectivity index (χ2v) is 12.8. The maximum absolute atomic E-state index is 13.6. The molecule has 182 valence electrons. The zero-order valence-electron chi connectivity index (χ0n) is 19.9. The van der Waals surface area contributed by atoms with Crippen LogP contribution < -0.4 is 10.6 Å². The second-order valence-electron chi connectivity index (χ2n) is 9.66. The van der Waals surface area contributed by atoms with Crippen LogP contribution in [0.25, 0.3) is 0 Å². The van der Waals surface area contributed by atoms with Crippen molar-refractivity contribution in [2.45, 2.75) is 42.7 Å². The van der Waals surface area contributed by atoms with E-state index < -0.39 is 5.92 Å². The number of nitrogens with two attached hydrogens (primary N) is 1. The molecule has 6 nitrogen and oxygen atoms in total. The normalized spacial score (nSPS) is 19.3. The van der Waals surface area contributed by atoms with Crippen LogP contribution in [-0.2, 0) is 10.5 Å². The Hall–Kier alpha value is -2.93. The van der Waals surface area contributed by atoms with E-state index in [0.29, 0.717) is 34.9 Å². The summed E-state index contributed by atoms with van der Waals surface area (Å²) < 4.78 is 1.69. The summed E-state index contributed by atoms with van der Waals surface area (Å²) in [6.45, 7) is 4.17. The molecule has 1 atom stereocenters. The molecule has 0 bridgehead atoms. The van der Waals surface area contributed by atoms with E-state index in [0.717, 1.165) is 25.8 Å². The first-order chi connectivity index (χ1) is 17.3. The average Bonchev–Trinajstić information content (AvgIpc) is 3.30. The quantitative estimate of drug-likeness (QED) is 0.344. The van der Waals surface area contributed by atoms with Gasteiger partial charge in [-0.15, -0.1) is 10.2 Å². The van der Waals surface area contributed by atoms with Gasteiger partial charge >= 0.3 is 0 Å². The second kappa shape index (κ2) is 9.85. The molecule has 1 aromatic heterocycles. The number of nitrogens with zero attached hydrogens (tertiary/aromatic N) is 4. The number of anilines is 1. The lowest BCUT2D eigenvalue weighted by Gasteiger charge is -2.42. The highest BCUT2D eigenvalue weighted by Crippen LogP contribution is 2.51. The van der Waals surface area contributed by atoms with E-state index >= 15 is 0 Å². The van der Waals surface area contributed by atoms with Crippen LogP contribution >= 0.6 is 39.0 Å². The zero-order chi connectivity index (χ0) is 25.4. The lowest BCUT2D eigenvalue weighted by atomic mass is 9.69. The highest BCUT2D eigenvalue weighted by Gasteiger charge is 2.45. The summed E-state index contributed by atoms with van der Waals surface area (Å²) in [5.74, 6) is 0.610. The van der Waals surface area contributed by atoms with E-state index in [2.05, 4.69) is 58.2 Å². The lowest BCUT2D eigenvalue weighted by Crippen LogP contribution is -2.42. The molecule has 2 aliphatic rings. The van der Waals surface area contributed by atoms with Crippen LogP contribution in [0.15, 0.2) is 86.1 Å². The van der Waals surface area contributed by atoms with Gasteiger partial charge in [-0.05, 0) is 35.1 Å². The minimum absolute atomic E-state index is 0.0414. The van der Waals surface area contributed by atoms with Crippen LogP contribution in [0.1, 0.15) is 43.7 Å². The minimum atomic E-state index is -0.512. The number of carbonyl (C=O) groups is 1. The maximum Gasteiger partial charge on any atom is 0.219 e. The third-order valence-corrected chi connectivity index (χ3v) is 8.96. The molecule has 0 spiro atoms. The third kappa shape index (κ3) is 4.73. The smallest absolute Gasteiger partial charge is 0.219 e. The molecule has 5 rings (SSSR count). The molecule has 1 aliphatic heterocycles. The Balaban J connectivity index is 1.59. The van der Waals surface area contributed by atoms with Gasteiger partial charge in [0.25, 0.3) is 0 Å². The van der Waals surface area contributed by atoms with Crippen molar-refractivity contribution in [3.05, 3.63) is 92.9 Å². The Kier molecular flexibility index (Phi) is 6.77. The molecule has 9 heteroatoms. The van der Waals surface area contributed by atoms with E-state index in [4.69, 9.17) is 5.73 Å². The van der Waals surface area contributed by atoms with Crippen molar-refractivity contribution in [3.63, 3.8) is 0 Å². The fourth-order valence-corrected chi connectivity index (χ4v) is 7.07. The lowest BCUT2D eigenvalue weighted by molar-refractivity contribution is -0.118. The number of thioether (sulfide) groups is 1. The van der Waals surface area contributed by atoms with Crippen molar-refractivity contribution < 1.29 is 4.79 Å². The van der Waals surface area contributed by atoms with Gasteiger partial charge in [-0.25, -0.2) is 0 Å². The molecule has 2 aromatic carbocycles. The fraction of sp³-hybridized carbons (Fsp3) is 0.259. The van der Waals surface area contributed by atoms with Crippen molar-refractivity contribution in [1.82, 2.24) is 10.2 Å². The molecule has 2 heterocycles. The van der Waals surface area contributed by atoms with Crippen LogP contribution in [0.5, 0.6) is 0 Å². The molecule has 2 N–H and O–H groups in total. The molecular weight excluding hydrogens is 554 g/mol. The van der Waals surface area contributed by atoms with Gasteiger partial charge in [-0.1, -0.05) is 95.3 Å². The van der Waals surface area contributed by atoms with Crippen LogP contribution in [0.4, 0.5) is 5.13 Å². The van der Waals surface area contributed by atoms with Gasteiger partial charge in [-0.2, -0.15) is 5.26 Å². The van der Waals surface area contributed by atoms with E-state index in [1.807, 2.05) is 42.5 Å². The molecule has 0 radical (unpaired) electrons. The summed E-state index contributed by atoms with van der Waals surface area (Å²) in [5.41, 5.74) is 10.3. The zero-order valence-corrected chi connectivity index (χ0v) is 23.1. The van der Waals surface area contributed by atoms with Gasteiger partial charge in [0.1, 0.15) is 5.82 Å². The summed E-state index contributed by atoms with van der Waals surface area (Å²) in [5, 5.41) is 19.6. The molecule has 0 fully saturated rings.